The standard InChI is InChI=1S/C11H22N2OS/c1-8-6-12-10(15-7-8)5-9(14)13-11(2,3)4/h8,10,12H,5-7H2,1-4H3,(H,13,14). The molecule has 1 aliphatic heterocycles. The van der Waals surface area contributed by atoms with Crippen LogP contribution in [0.5, 0.6) is 0 Å². The van der Waals surface area contributed by atoms with Crippen LogP contribution >= 0.6 is 11.8 Å². The average Bonchev–Trinajstić information content (AvgIpc) is 2.05. The molecule has 15 heavy (non-hydrogen) atoms. The number of carbonyl (C=O) groups excluding carboxylic acids is 1. The van der Waals surface area contributed by atoms with E-state index in [-0.39, 0.29) is 11.4 Å². The van der Waals surface area contributed by atoms with Gasteiger partial charge >= 0.3 is 0 Å². The van der Waals surface area contributed by atoms with E-state index < -0.39 is 0 Å². The van der Waals surface area contributed by atoms with Gasteiger partial charge in [0.2, 0.25) is 5.91 Å². The van der Waals surface area contributed by atoms with Crippen molar-refractivity contribution in [3.8, 4) is 0 Å². The van der Waals surface area contributed by atoms with Gasteiger partial charge in [-0.05, 0) is 39.0 Å². The molecule has 0 aromatic heterocycles. The summed E-state index contributed by atoms with van der Waals surface area (Å²) in [7, 11) is 0. The highest BCUT2D eigenvalue weighted by Gasteiger charge is 2.22. The first-order valence-corrected chi connectivity index (χ1v) is 6.58. The van der Waals surface area contributed by atoms with Gasteiger partial charge in [-0.25, -0.2) is 0 Å². The second-order valence-electron chi connectivity index (χ2n) is 5.34. The van der Waals surface area contributed by atoms with E-state index in [4.69, 9.17) is 0 Å². The minimum absolute atomic E-state index is 0.121. The topological polar surface area (TPSA) is 41.1 Å². The fourth-order valence-electron chi connectivity index (χ4n) is 1.50. The number of hydrogen-bond acceptors (Lipinski definition) is 3. The van der Waals surface area contributed by atoms with E-state index in [1.807, 2.05) is 32.5 Å². The summed E-state index contributed by atoms with van der Waals surface area (Å²) in [6, 6.07) is 0. The SMILES string of the molecule is CC1CNC(CC(=O)NC(C)(C)C)SC1. The van der Waals surface area contributed by atoms with Gasteiger partial charge < -0.3 is 10.6 Å². The van der Waals surface area contributed by atoms with E-state index in [1.54, 1.807) is 0 Å². The van der Waals surface area contributed by atoms with Gasteiger partial charge in [-0.1, -0.05) is 6.92 Å². The predicted octanol–water partition coefficient (Wildman–Crippen LogP) is 1.59. The first-order chi connectivity index (χ1) is 6.87. The first-order valence-electron chi connectivity index (χ1n) is 5.53. The monoisotopic (exact) mass is 230 g/mol. The molecule has 88 valence electrons. The largest absolute Gasteiger partial charge is 0.351 e. The molecule has 1 amide bonds. The predicted molar refractivity (Wildman–Crippen MR) is 65.9 cm³/mol. The molecule has 1 aliphatic rings. The van der Waals surface area contributed by atoms with Crippen LogP contribution < -0.4 is 10.6 Å². The summed E-state index contributed by atoms with van der Waals surface area (Å²) in [5.74, 6) is 2.01. The van der Waals surface area contributed by atoms with Gasteiger partial charge in [0.05, 0.1) is 11.8 Å². The summed E-state index contributed by atoms with van der Waals surface area (Å²) in [5.41, 5.74) is -0.121. The fourth-order valence-corrected chi connectivity index (χ4v) is 2.66. The molecule has 0 aliphatic carbocycles. The van der Waals surface area contributed by atoms with Gasteiger partial charge in [-0.2, -0.15) is 0 Å². The molecule has 1 fully saturated rings. The van der Waals surface area contributed by atoms with E-state index in [1.165, 1.54) is 0 Å². The third-order valence-electron chi connectivity index (χ3n) is 2.16. The van der Waals surface area contributed by atoms with Crippen molar-refractivity contribution in [1.29, 1.82) is 0 Å². The van der Waals surface area contributed by atoms with Crippen molar-refractivity contribution in [2.75, 3.05) is 12.3 Å². The Morgan fingerprint density at radius 3 is 2.67 bits per heavy atom. The van der Waals surface area contributed by atoms with E-state index >= 15 is 0 Å². The normalized spacial score (nSPS) is 27.5. The van der Waals surface area contributed by atoms with Crippen LogP contribution in [-0.4, -0.2) is 29.1 Å². The summed E-state index contributed by atoms with van der Waals surface area (Å²) >= 11 is 1.85. The van der Waals surface area contributed by atoms with E-state index in [2.05, 4.69) is 17.6 Å². The molecule has 0 radical (unpaired) electrons. The summed E-state index contributed by atoms with van der Waals surface area (Å²) in [5, 5.41) is 6.67. The molecule has 0 spiro atoms. The lowest BCUT2D eigenvalue weighted by Crippen LogP contribution is -2.45. The van der Waals surface area contributed by atoms with Gasteiger partial charge in [0.25, 0.3) is 0 Å². The number of rotatable bonds is 2. The van der Waals surface area contributed by atoms with Gasteiger partial charge in [-0.15, -0.1) is 11.8 Å². The van der Waals surface area contributed by atoms with Gasteiger partial charge in [0.15, 0.2) is 0 Å². The summed E-state index contributed by atoms with van der Waals surface area (Å²) in [6.45, 7) is 9.28. The summed E-state index contributed by atoms with van der Waals surface area (Å²) in [4.78, 5) is 11.6. The van der Waals surface area contributed by atoms with Crippen LogP contribution in [0.15, 0.2) is 0 Å². The summed E-state index contributed by atoms with van der Waals surface area (Å²) < 4.78 is 0. The molecule has 1 saturated heterocycles. The number of carbonyl (C=O) groups is 1. The number of hydrogen-bond donors (Lipinski definition) is 2. The van der Waals surface area contributed by atoms with Crippen LogP contribution in [-0.2, 0) is 4.79 Å². The second kappa shape index (κ2) is 5.21. The lowest BCUT2D eigenvalue weighted by Gasteiger charge is -2.28. The Kier molecular flexibility index (Phi) is 4.46. The smallest absolute Gasteiger partial charge is 0.222 e. The number of thioether (sulfide) groups is 1. The molecule has 0 aromatic carbocycles. The Balaban J connectivity index is 2.27. The molecule has 0 bridgehead atoms. The van der Waals surface area contributed by atoms with Gasteiger partial charge in [-0.3, -0.25) is 4.79 Å². The zero-order valence-corrected chi connectivity index (χ0v) is 10.9. The molecule has 2 atom stereocenters. The van der Waals surface area contributed by atoms with Gasteiger partial charge in [0.1, 0.15) is 0 Å². The van der Waals surface area contributed by atoms with Crippen LogP contribution in [0, 0.1) is 5.92 Å². The highest BCUT2D eigenvalue weighted by molar-refractivity contribution is 7.99. The quantitative estimate of drug-likeness (QED) is 0.757. The highest BCUT2D eigenvalue weighted by Crippen LogP contribution is 2.20. The van der Waals surface area contributed by atoms with Gasteiger partial charge in [0, 0.05) is 5.54 Å². The Hall–Kier alpha value is -0.220. The molecule has 1 heterocycles. The van der Waals surface area contributed by atoms with Crippen molar-refractivity contribution >= 4 is 17.7 Å². The molecule has 2 unspecified atom stereocenters. The minimum Gasteiger partial charge on any atom is -0.351 e. The zero-order valence-electron chi connectivity index (χ0n) is 10.1. The maximum atomic E-state index is 11.6. The van der Waals surface area contributed by atoms with Crippen LogP contribution in [0.25, 0.3) is 0 Å². The molecule has 2 N–H and O–H groups in total. The first kappa shape index (κ1) is 12.8. The van der Waals surface area contributed by atoms with E-state index in [0.29, 0.717) is 11.8 Å². The lowest BCUT2D eigenvalue weighted by atomic mass is 10.1. The second-order valence-corrected chi connectivity index (χ2v) is 6.57. The van der Waals surface area contributed by atoms with Crippen molar-refractivity contribution in [2.24, 2.45) is 5.92 Å². The van der Waals surface area contributed by atoms with Crippen molar-refractivity contribution < 1.29 is 4.79 Å². The minimum atomic E-state index is -0.121. The zero-order chi connectivity index (χ0) is 11.5. The molecule has 0 saturated carbocycles. The van der Waals surface area contributed by atoms with Crippen molar-refractivity contribution in [2.45, 2.75) is 45.0 Å². The van der Waals surface area contributed by atoms with Crippen molar-refractivity contribution in [3.05, 3.63) is 0 Å². The van der Waals surface area contributed by atoms with Crippen molar-refractivity contribution in [3.63, 3.8) is 0 Å². The van der Waals surface area contributed by atoms with Crippen molar-refractivity contribution in [1.82, 2.24) is 10.6 Å². The van der Waals surface area contributed by atoms with Crippen LogP contribution in [0.2, 0.25) is 0 Å². The van der Waals surface area contributed by atoms with Crippen LogP contribution in [0.4, 0.5) is 0 Å². The maximum Gasteiger partial charge on any atom is 0.222 e. The molecule has 3 nitrogen and oxygen atoms in total. The van der Waals surface area contributed by atoms with Crippen LogP contribution in [0.3, 0.4) is 0 Å². The molecule has 1 rings (SSSR count). The third-order valence-corrected chi connectivity index (χ3v) is 3.66. The average molecular weight is 230 g/mol. The van der Waals surface area contributed by atoms with E-state index in [0.717, 1.165) is 18.2 Å². The molecule has 0 aromatic rings. The Bertz CT molecular complexity index is 217. The molecular weight excluding hydrogens is 208 g/mol. The Morgan fingerprint density at radius 2 is 2.20 bits per heavy atom. The van der Waals surface area contributed by atoms with Crippen LogP contribution in [0.1, 0.15) is 34.1 Å². The molecule has 4 heteroatoms. The third kappa shape index (κ3) is 5.42. The maximum absolute atomic E-state index is 11.6. The number of nitrogens with one attached hydrogen (secondary N) is 2. The highest BCUT2D eigenvalue weighted by atomic mass is 32.2. The van der Waals surface area contributed by atoms with E-state index in [9.17, 15) is 4.79 Å². The molecular formula is C11H22N2OS. The number of amides is 1. The lowest BCUT2D eigenvalue weighted by molar-refractivity contribution is -0.122. The Labute approximate surface area is 96.8 Å². The summed E-state index contributed by atoms with van der Waals surface area (Å²) in [6.07, 6.45) is 0.578. The Morgan fingerprint density at radius 1 is 1.53 bits per heavy atom. The fraction of sp³-hybridized carbons (Fsp3) is 0.909.